The monoisotopic (exact) mass is 347 g/mol. The van der Waals surface area contributed by atoms with Crippen molar-refractivity contribution in [2.24, 2.45) is 0 Å². The highest BCUT2D eigenvalue weighted by Crippen LogP contribution is 2.11. The zero-order chi connectivity index (χ0) is 16.9. The molecular weight excluding hydrogens is 322 g/mol. The minimum absolute atomic E-state index is 0.00735. The van der Waals surface area contributed by atoms with Gasteiger partial charge >= 0.3 is 0 Å². The van der Waals surface area contributed by atoms with Crippen molar-refractivity contribution in [3.8, 4) is 0 Å². The summed E-state index contributed by atoms with van der Waals surface area (Å²) in [6.45, 7) is 5.63. The van der Waals surface area contributed by atoms with E-state index in [1.54, 1.807) is 0 Å². The van der Waals surface area contributed by atoms with Crippen LogP contribution in [0.5, 0.6) is 0 Å². The van der Waals surface area contributed by atoms with Crippen LogP contribution in [0.4, 0.5) is 0 Å². The molecule has 0 saturated carbocycles. The van der Waals surface area contributed by atoms with E-state index in [1.807, 2.05) is 0 Å². The molecule has 2 heterocycles. The first-order valence-corrected chi connectivity index (χ1v) is 9.73. The Kier molecular flexibility index (Phi) is 6.37. The zero-order valence-corrected chi connectivity index (χ0v) is 14.3. The third-order valence-corrected chi connectivity index (χ3v) is 5.94. The summed E-state index contributed by atoms with van der Waals surface area (Å²) in [5.41, 5.74) is 0. The Bertz CT molecular complexity index is 531. The zero-order valence-electron chi connectivity index (χ0n) is 13.5. The van der Waals surface area contributed by atoms with Gasteiger partial charge in [-0.15, -0.1) is 0 Å². The standard InChI is InChI=1S/C14H25N3O5S/c1-12(18)17(4-3-16-5-7-22-8-6-16)10-14(19)15-13-2-9-23(20,21)11-13/h13H,2-11H2,1H3,(H,15,19). The summed E-state index contributed by atoms with van der Waals surface area (Å²) in [7, 11) is -3.02. The number of nitrogens with zero attached hydrogens (tertiary/aromatic N) is 2. The van der Waals surface area contributed by atoms with Crippen LogP contribution >= 0.6 is 0 Å². The third kappa shape index (κ3) is 6.08. The topological polar surface area (TPSA) is 96.0 Å². The van der Waals surface area contributed by atoms with Crippen LogP contribution < -0.4 is 5.32 Å². The van der Waals surface area contributed by atoms with Crippen LogP contribution in [0.2, 0.25) is 0 Å². The Morgan fingerprint density at radius 1 is 1.30 bits per heavy atom. The van der Waals surface area contributed by atoms with Gasteiger partial charge in [0.05, 0.1) is 31.3 Å². The van der Waals surface area contributed by atoms with Crippen molar-refractivity contribution < 1.29 is 22.7 Å². The van der Waals surface area contributed by atoms with Crippen LogP contribution in [0.3, 0.4) is 0 Å². The van der Waals surface area contributed by atoms with E-state index in [1.165, 1.54) is 11.8 Å². The molecule has 1 atom stereocenters. The van der Waals surface area contributed by atoms with Crippen LogP contribution in [-0.2, 0) is 24.2 Å². The Morgan fingerprint density at radius 3 is 2.57 bits per heavy atom. The molecule has 2 aliphatic rings. The van der Waals surface area contributed by atoms with Crippen molar-refractivity contribution in [1.29, 1.82) is 0 Å². The van der Waals surface area contributed by atoms with Crippen LogP contribution in [0.1, 0.15) is 13.3 Å². The number of amides is 2. The van der Waals surface area contributed by atoms with Gasteiger partial charge in [-0.1, -0.05) is 0 Å². The van der Waals surface area contributed by atoms with Gasteiger partial charge < -0.3 is 15.0 Å². The van der Waals surface area contributed by atoms with Crippen molar-refractivity contribution in [2.45, 2.75) is 19.4 Å². The van der Waals surface area contributed by atoms with Crippen LogP contribution in [-0.4, -0.2) is 93.5 Å². The molecule has 0 aromatic heterocycles. The van der Waals surface area contributed by atoms with Gasteiger partial charge in [-0.05, 0) is 6.42 Å². The Morgan fingerprint density at radius 2 is 2.00 bits per heavy atom. The Hall–Kier alpha value is -1.19. The molecule has 1 unspecified atom stereocenters. The number of carbonyl (C=O) groups is 2. The van der Waals surface area contributed by atoms with Crippen LogP contribution in [0.15, 0.2) is 0 Å². The van der Waals surface area contributed by atoms with Crippen LogP contribution in [0, 0.1) is 0 Å². The molecule has 0 bridgehead atoms. The predicted octanol–water partition coefficient (Wildman–Crippen LogP) is -1.53. The molecule has 2 fully saturated rings. The highest BCUT2D eigenvalue weighted by Gasteiger charge is 2.29. The fraction of sp³-hybridized carbons (Fsp3) is 0.857. The van der Waals surface area contributed by atoms with E-state index in [0.717, 1.165) is 13.1 Å². The van der Waals surface area contributed by atoms with Crippen molar-refractivity contribution in [3.63, 3.8) is 0 Å². The number of carbonyl (C=O) groups excluding carboxylic acids is 2. The molecule has 2 aliphatic heterocycles. The lowest BCUT2D eigenvalue weighted by molar-refractivity contribution is -0.134. The smallest absolute Gasteiger partial charge is 0.239 e. The van der Waals surface area contributed by atoms with E-state index < -0.39 is 9.84 Å². The summed E-state index contributed by atoms with van der Waals surface area (Å²) >= 11 is 0. The number of morpholine rings is 1. The number of hydrogen-bond donors (Lipinski definition) is 1. The lowest BCUT2D eigenvalue weighted by atomic mass is 10.2. The first-order chi connectivity index (χ1) is 10.9. The third-order valence-electron chi connectivity index (χ3n) is 4.17. The van der Waals surface area contributed by atoms with Crippen molar-refractivity contribution >= 4 is 21.7 Å². The maximum atomic E-state index is 12.0. The lowest BCUT2D eigenvalue weighted by Gasteiger charge is -2.29. The van der Waals surface area contributed by atoms with Gasteiger partial charge in [0, 0.05) is 39.1 Å². The van der Waals surface area contributed by atoms with E-state index in [0.29, 0.717) is 32.7 Å². The van der Waals surface area contributed by atoms with Gasteiger partial charge in [0.25, 0.3) is 0 Å². The minimum Gasteiger partial charge on any atom is -0.379 e. The molecule has 0 aromatic rings. The second-order valence-corrected chi connectivity index (χ2v) is 8.29. The fourth-order valence-corrected chi connectivity index (χ4v) is 4.46. The highest BCUT2D eigenvalue weighted by atomic mass is 32.2. The van der Waals surface area contributed by atoms with Gasteiger partial charge in [0.2, 0.25) is 11.8 Å². The quantitative estimate of drug-likeness (QED) is 0.626. The molecule has 2 saturated heterocycles. The Labute approximate surface area is 137 Å². The second kappa shape index (κ2) is 8.07. The lowest BCUT2D eigenvalue weighted by Crippen LogP contribution is -2.47. The fourth-order valence-electron chi connectivity index (χ4n) is 2.79. The molecule has 132 valence electrons. The number of ether oxygens (including phenoxy) is 1. The second-order valence-electron chi connectivity index (χ2n) is 6.06. The van der Waals surface area contributed by atoms with Gasteiger partial charge in [0.1, 0.15) is 0 Å². The normalized spacial score (nSPS) is 24.3. The number of sulfone groups is 1. The summed E-state index contributed by atoms with van der Waals surface area (Å²) in [4.78, 5) is 27.4. The molecule has 2 amide bonds. The maximum absolute atomic E-state index is 12.0. The predicted molar refractivity (Wildman–Crippen MR) is 84.7 cm³/mol. The summed E-state index contributed by atoms with van der Waals surface area (Å²) in [6, 6.07) is -0.333. The van der Waals surface area contributed by atoms with Gasteiger partial charge in [-0.3, -0.25) is 14.5 Å². The molecule has 0 aliphatic carbocycles. The number of nitrogens with one attached hydrogen (secondary N) is 1. The van der Waals surface area contributed by atoms with Crippen molar-refractivity contribution in [3.05, 3.63) is 0 Å². The summed E-state index contributed by atoms with van der Waals surface area (Å²) in [5, 5.41) is 2.71. The summed E-state index contributed by atoms with van der Waals surface area (Å²) in [5.74, 6) is -0.352. The highest BCUT2D eigenvalue weighted by molar-refractivity contribution is 7.91. The average molecular weight is 347 g/mol. The number of rotatable bonds is 6. The van der Waals surface area contributed by atoms with E-state index in [4.69, 9.17) is 4.74 Å². The van der Waals surface area contributed by atoms with Gasteiger partial charge in [-0.25, -0.2) is 8.42 Å². The SMILES string of the molecule is CC(=O)N(CCN1CCOCC1)CC(=O)NC1CCS(=O)(=O)C1. The van der Waals surface area contributed by atoms with Gasteiger partial charge in [-0.2, -0.15) is 0 Å². The largest absolute Gasteiger partial charge is 0.379 e. The van der Waals surface area contributed by atoms with E-state index >= 15 is 0 Å². The minimum atomic E-state index is -3.02. The summed E-state index contributed by atoms with van der Waals surface area (Å²) in [6.07, 6.45) is 0.446. The average Bonchev–Trinajstić information content (AvgIpc) is 2.83. The van der Waals surface area contributed by atoms with E-state index in [2.05, 4.69) is 10.2 Å². The van der Waals surface area contributed by atoms with Crippen LogP contribution in [0.25, 0.3) is 0 Å². The van der Waals surface area contributed by atoms with E-state index in [-0.39, 0.29) is 35.9 Å². The van der Waals surface area contributed by atoms with E-state index in [9.17, 15) is 18.0 Å². The Balaban J connectivity index is 1.76. The molecule has 2 rings (SSSR count). The molecule has 0 spiro atoms. The molecule has 23 heavy (non-hydrogen) atoms. The summed E-state index contributed by atoms with van der Waals surface area (Å²) < 4.78 is 28.1. The molecule has 1 N–H and O–H groups in total. The van der Waals surface area contributed by atoms with Crippen molar-refractivity contribution in [2.75, 3.05) is 57.4 Å². The first kappa shape index (κ1) is 18.2. The number of hydrogen-bond acceptors (Lipinski definition) is 6. The molecule has 9 heteroatoms. The first-order valence-electron chi connectivity index (χ1n) is 7.91. The maximum Gasteiger partial charge on any atom is 0.239 e. The molecular formula is C14H25N3O5S. The molecule has 8 nitrogen and oxygen atoms in total. The van der Waals surface area contributed by atoms with Gasteiger partial charge in [0.15, 0.2) is 9.84 Å². The van der Waals surface area contributed by atoms with Crippen molar-refractivity contribution in [1.82, 2.24) is 15.1 Å². The molecule has 0 radical (unpaired) electrons. The molecule has 0 aromatic carbocycles.